The van der Waals surface area contributed by atoms with Crippen LogP contribution in [0.3, 0.4) is 0 Å². The first kappa shape index (κ1) is 15.2. The lowest BCUT2D eigenvalue weighted by Crippen LogP contribution is -2.56. The van der Waals surface area contributed by atoms with E-state index in [4.69, 9.17) is 5.11 Å². The van der Waals surface area contributed by atoms with E-state index in [1.165, 1.54) is 0 Å². The summed E-state index contributed by atoms with van der Waals surface area (Å²) < 4.78 is 0. The summed E-state index contributed by atoms with van der Waals surface area (Å²) in [5.41, 5.74) is -0.552. The molecule has 2 fully saturated rings. The summed E-state index contributed by atoms with van der Waals surface area (Å²) in [7, 11) is 0. The first-order chi connectivity index (χ1) is 10.5. The molecule has 0 bridgehead atoms. The average molecular weight is 305 g/mol. The van der Waals surface area contributed by atoms with Gasteiger partial charge in [0.05, 0.1) is 11.2 Å². The van der Waals surface area contributed by atoms with E-state index in [1.54, 1.807) is 6.20 Å². The lowest BCUT2D eigenvalue weighted by molar-refractivity contribution is -0.0300. The molecule has 1 atom stereocenters. The summed E-state index contributed by atoms with van der Waals surface area (Å²) in [5, 5.41) is 26.0. The predicted octanol–water partition coefficient (Wildman–Crippen LogP) is 1.46. The van der Waals surface area contributed by atoms with Gasteiger partial charge in [0.15, 0.2) is 0 Å². The van der Waals surface area contributed by atoms with Gasteiger partial charge in [-0.3, -0.25) is 4.98 Å². The molecule has 2 heterocycles. The first-order valence-electron chi connectivity index (χ1n) is 7.90. The molecule has 1 saturated heterocycles. The number of amides is 1. The van der Waals surface area contributed by atoms with Crippen LogP contribution in [0, 0.1) is 5.92 Å². The molecule has 0 spiro atoms. The van der Waals surface area contributed by atoms with E-state index in [9.17, 15) is 9.90 Å². The number of carbonyl (C=O) groups is 1. The van der Waals surface area contributed by atoms with Gasteiger partial charge in [-0.25, -0.2) is 4.79 Å². The zero-order valence-electron chi connectivity index (χ0n) is 12.6. The molecular weight excluding hydrogens is 282 g/mol. The Hall–Kier alpha value is -1.66. The van der Waals surface area contributed by atoms with E-state index >= 15 is 0 Å². The van der Waals surface area contributed by atoms with Crippen LogP contribution in [0.1, 0.15) is 37.8 Å². The lowest BCUT2D eigenvalue weighted by atomic mass is 9.69. The van der Waals surface area contributed by atoms with Gasteiger partial charge in [0.1, 0.15) is 5.60 Å². The molecule has 2 aliphatic rings. The molecule has 1 aliphatic carbocycles. The zero-order valence-corrected chi connectivity index (χ0v) is 12.6. The van der Waals surface area contributed by atoms with E-state index in [2.05, 4.69) is 15.6 Å². The van der Waals surface area contributed by atoms with Gasteiger partial charge >= 0.3 is 6.09 Å². The third-order valence-electron chi connectivity index (χ3n) is 5.28. The van der Waals surface area contributed by atoms with Crippen molar-refractivity contribution in [3.8, 4) is 0 Å². The van der Waals surface area contributed by atoms with E-state index < -0.39 is 17.2 Å². The summed E-state index contributed by atoms with van der Waals surface area (Å²) in [5.74, 6) is 0.252. The van der Waals surface area contributed by atoms with Crippen LogP contribution < -0.4 is 10.6 Å². The maximum Gasteiger partial charge on any atom is 0.405 e. The van der Waals surface area contributed by atoms with Crippen LogP contribution in [-0.2, 0) is 5.60 Å². The molecule has 1 aromatic rings. The molecule has 120 valence electrons. The Morgan fingerprint density at radius 2 is 2.09 bits per heavy atom. The van der Waals surface area contributed by atoms with E-state index in [0.717, 1.165) is 31.5 Å². The first-order valence-corrected chi connectivity index (χ1v) is 7.90. The smallest absolute Gasteiger partial charge is 0.405 e. The normalized spacial score (nSPS) is 35.2. The van der Waals surface area contributed by atoms with Gasteiger partial charge in [0.25, 0.3) is 0 Å². The average Bonchev–Trinajstić information content (AvgIpc) is 2.97. The van der Waals surface area contributed by atoms with Gasteiger partial charge in [-0.2, -0.15) is 0 Å². The number of aromatic nitrogens is 1. The molecular formula is C16H23N3O3. The van der Waals surface area contributed by atoms with Crippen molar-refractivity contribution in [2.75, 3.05) is 13.1 Å². The number of nitrogens with one attached hydrogen (secondary N) is 2. The standard InChI is InChI=1S/C16H23N3O3/c20-14(21)19-15(8-10-17-11-15)12-4-6-16(22,7-5-12)13-3-1-2-9-18-13/h1-3,9,12,17,19,22H,4-8,10-11H2,(H,20,21)/t12?,15-,16?/m0/s1. The van der Waals surface area contributed by atoms with Crippen molar-refractivity contribution in [3.63, 3.8) is 0 Å². The SMILES string of the molecule is O=C(O)N[C@@]1(C2CCC(O)(c3ccccn3)CC2)CCNC1. The number of aliphatic hydroxyl groups is 1. The Labute approximate surface area is 130 Å². The Balaban J connectivity index is 1.72. The van der Waals surface area contributed by atoms with Crippen molar-refractivity contribution in [1.29, 1.82) is 0 Å². The minimum atomic E-state index is -0.964. The minimum absolute atomic E-state index is 0.252. The zero-order chi connectivity index (χ0) is 15.6. The number of hydrogen-bond donors (Lipinski definition) is 4. The molecule has 0 aromatic carbocycles. The molecule has 22 heavy (non-hydrogen) atoms. The van der Waals surface area contributed by atoms with Gasteiger partial charge < -0.3 is 20.8 Å². The van der Waals surface area contributed by atoms with Crippen LogP contribution in [0.2, 0.25) is 0 Å². The highest BCUT2D eigenvalue weighted by atomic mass is 16.4. The second-order valence-electron chi connectivity index (χ2n) is 6.53. The molecule has 1 aliphatic heterocycles. The largest absolute Gasteiger partial charge is 0.465 e. The number of pyridine rings is 1. The summed E-state index contributed by atoms with van der Waals surface area (Å²) >= 11 is 0. The summed E-state index contributed by atoms with van der Waals surface area (Å²) in [4.78, 5) is 15.4. The number of carboxylic acid groups (broad SMARTS) is 1. The third-order valence-corrected chi connectivity index (χ3v) is 5.28. The Morgan fingerprint density at radius 3 is 2.64 bits per heavy atom. The van der Waals surface area contributed by atoms with Crippen molar-refractivity contribution in [3.05, 3.63) is 30.1 Å². The minimum Gasteiger partial charge on any atom is -0.465 e. The van der Waals surface area contributed by atoms with Crippen molar-refractivity contribution in [2.45, 2.75) is 43.2 Å². The third kappa shape index (κ3) is 2.80. The van der Waals surface area contributed by atoms with Crippen molar-refractivity contribution >= 4 is 6.09 Å². The predicted molar refractivity (Wildman–Crippen MR) is 81.5 cm³/mol. The van der Waals surface area contributed by atoms with Crippen molar-refractivity contribution in [2.24, 2.45) is 5.92 Å². The van der Waals surface area contributed by atoms with Crippen LogP contribution in [0.25, 0.3) is 0 Å². The Morgan fingerprint density at radius 1 is 1.32 bits per heavy atom. The molecule has 6 heteroatoms. The second-order valence-corrected chi connectivity index (χ2v) is 6.53. The molecule has 1 amide bonds. The van der Waals surface area contributed by atoms with Gasteiger partial charge in [-0.15, -0.1) is 0 Å². The van der Waals surface area contributed by atoms with Gasteiger partial charge in [-0.05, 0) is 56.7 Å². The Bertz CT molecular complexity index is 521. The fourth-order valence-corrected chi connectivity index (χ4v) is 4.02. The maximum absolute atomic E-state index is 11.2. The van der Waals surface area contributed by atoms with Gasteiger partial charge in [-0.1, -0.05) is 6.07 Å². The van der Waals surface area contributed by atoms with E-state index in [0.29, 0.717) is 19.4 Å². The van der Waals surface area contributed by atoms with E-state index in [-0.39, 0.29) is 5.92 Å². The molecule has 3 rings (SSSR count). The highest BCUT2D eigenvalue weighted by molar-refractivity contribution is 5.66. The highest BCUT2D eigenvalue weighted by Crippen LogP contribution is 2.43. The molecule has 6 nitrogen and oxygen atoms in total. The summed E-state index contributed by atoms with van der Waals surface area (Å²) in [6, 6.07) is 5.60. The van der Waals surface area contributed by atoms with Crippen LogP contribution in [0.15, 0.2) is 24.4 Å². The molecule has 1 aromatic heterocycles. The molecule has 4 N–H and O–H groups in total. The maximum atomic E-state index is 11.2. The fourth-order valence-electron chi connectivity index (χ4n) is 4.02. The number of hydrogen-bond acceptors (Lipinski definition) is 4. The van der Waals surface area contributed by atoms with Crippen molar-refractivity contribution < 1.29 is 15.0 Å². The van der Waals surface area contributed by atoms with E-state index in [1.807, 2.05) is 18.2 Å². The lowest BCUT2D eigenvalue weighted by Gasteiger charge is -2.43. The monoisotopic (exact) mass is 305 g/mol. The fraction of sp³-hybridized carbons (Fsp3) is 0.625. The highest BCUT2D eigenvalue weighted by Gasteiger charge is 2.47. The quantitative estimate of drug-likeness (QED) is 0.678. The van der Waals surface area contributed by atoms with Gasteiger partial charge in [0.2, 0.25) is 0 Å². The number of rotatable bonds is 3. The second kappa shape index (κ2) is 5.85. The Kier molecular flexibility index (Phi) is 4.06. The molecule has 0 unspecified atom stereocenters. The van der Waals surface area contributed by atoms with Crippen LogP contribution in [0.5, 0.6) is 0 Å². The van der Waals surface area contributed by atoms with Crippen molar-refractivity contribution in [1.82, 2.24) is 15.6 Å². The molecule has 0 radical (unpaired) electrons. The molecule has 1 saturated carbocycles. The van der Waals surface area contributed by atoms with Crippen LogP contribution in [0.4, 0.5) is 4.79 Å². The topological polar surface area (TPSA) is 94.5 Å². The summed E-state index contributed by atoms with van der Waals surface area (Å²) in [6.07, 6.45) is 4.40. The van der Waals surface area contributed by atoms with Gasteiger partial charge in [0, 0.05) is 12.7 Å². The summed E-state index contributed by atoms with van der Waals surface area (Å²) in [6.45, 7) is 1.51. The van der Waals surface area contributed by atoms with Crippen LogP contribution >= 0.6 is 0 Å². The van der Waals surface area contributed by atoms with Crippen LogP contribution in [-0.4, -0.2) is 39.9 Å². The number of nitrogens with zero attached hydrogens (tertiary/aromatic N) is 1.